The average Bonchev–Trinajstić information content (AvgIpc) is 3.42. The molecule has 0 atom stereocenters. The Morgan fingerprint density at radius 3 is 2.56 bits per heavy atom. The molecule has 2 heterocycles. The Labute approximate surface area is 220 Å². The number of amides is 1. The van der Waals surface area contributed by atoms with E-state index < -0.39 is 17.8 Å². The summed E-state index contributed by atoms with van der Waals surface area (Å²) in [5.74, 6) is -0.685. The van der Waals surface area contributed by atoms with Gasteiger partial charge in [-0.15, -0.1) is 28.1 Å². The van der Waals surface area contributed by atoms with Crippen LogP contribution in [0.15, 0.2) is 36.0 Å². The van der Waals surface area contributed by atoms with Gasteiger partial charge in [0.15, 0.2) is 11.0 Å². The topological polar surface area (TPSA) is 122 Å². The fourth-order valence-corrected chi connectivity index (χ4v) is 5.32. The lowest BCUT2D eigenvalue weighted by molar-refractivity contribution is -0.113. The van der Waals surface area contributed by atoms with Gasteiger partial charge in [0.25, 0.3) is 0 Å². The highest BCUT2D eigenvalue weighted by atomic mass is 35.5. The predicted octanol–water partition coefficient (Wildman–Crippen LogP) is 4.47. The summed E-state index contributed by atoms with van der Waals surface area (Å²) >= 11 is 8.26. The Morgan fingerprint density at radius 1 is 1.19 bits per heavy atom. The first-order valence-electron chi connectivity index (χ1n) is 10.4. The number of carbonyl (C=O) groups excluding carboxylic acids is 3. The first-order valence-corrected chi connectivity index (χ1v) is 12.5. The summed E-state index contributed by atoms with van der Waals surface area (Å²) < 4.78 is 16.8. The van der Waals surface area contributed by atoms with Gasteiger partial charge in [0.2, 0.25) is 5.91 Å². The minimum absolute atomic E-state index is 0.0485. The van der Waals surface area contributed by atoms with E-state index >= 15 is 0 Å². The van der Waals surface area contributed by atoms with Gasteiger partial charge in [0.05, 0.1) is 38.2 Å². The summed E-state index contributed by atoms with van der Waals surface area (Å²) in [7, 11) is 4.00. The third-order valence-corrected chi connectivity index (χ3v) is 7.31. The molecule has 2 aromatic heterocycles. The molecule has 3 rings (SSSR count). The van der Waals surface area contributed by atoms with Crippen molar-refractivity contribution in [2.75, 3.05) is 32.4 Å². The molecule has 1 amide bonds. The van der Waals surface area contributed by atoms with Crippen LogP contribution >= 0.6 is 34.7 Å². The van der Waals surface area contributed by atoms with E-state index in [2.05, 4.69) is 22.1 Å². The maximum absolute atomic E-state index is 12.8. The number of allylic oxidation sites excluding steroid dienone is 1. The quantitative estimate of drug-likeness (QED) is 0.221. The number of esters is 2. The minimum Gasteiger partial charge on any atom is -0.496 e. The Morgan fingerprint density at radius 2 is 1.92 bits per heavy atom. The van der Waals surface area contributed by atoms with E-state index in [1.807, 2.05) is 0 Å². The summed E-state index contributed by atoms with van der Waals surface area (Å²) in [6.45, 7) is 5.75. The smallest absolute Gasteiger partial charge is 0.348 e. The van der Waals surface area contributed by atoms with Gasteiger partial charge in [-0.3, -0.25) is 9.36 Å². The normalized spacial score (nSPS) is 10.6. The zero-order chi connectivity index (χ0) is 26.4. The molecule has 13 heteroatoms. The molecular formula is C23H23ClN4O6S2. The molecule has 1 N–H and O–H groups in total. The molecule has 3 aromatic rings. The molecule has 0 aliphatic rings. The van der Waals surface area contributed by atoms with Crippen LogP contribution in [0, 0.1) is 6.92 Å². The number of benzene rings is 1. The van der Waals surface area contributed by atoms with Crippen molar-refractivity contribution in [3.8, 4) is 17.1 Å². The summed E-state index contributed by atoms with van der Waals surface area (Å²) in [5, 5.41) is 12.4. The van der Waals surface area contributed by atoms with E-state index in [-0.39, 0.29) is 21.2 Å². The number of aromatic nitrogens is 3. The van der Waals surface area contributed by atoms with Crippen LogP contribution in [-0.4, -0.2) is 59.7 Å². The number of nitrogens with zero attached hydrogens (tertiary/aromatic N) is 3. The van der Waals surface area contributed by atoms with Gasteiger partial charge in [0, 0.05) is 11.6 Å². The molecule has 0 unspecified atom stereocenters. The number of halogens is 1. The zero-order valence-corrected chi connectivity index (χ0v) is 22.3. The van der Waals surface area contributed by atoms with Crippen LogP contribution < -0.4 is 10.1 Å². The van der Waals surface area contributed by atoms with E-state index in [9.17, 15) is 14.4 Å². The fourth-order valence-electron chi connectivity index (χ4n) is 3.27. The number of nitrogens with one attached hydrogen (secondary N) is 1. The highest BCUT2D eigenvalue weighted by Crippen LogP contribution is 2.35. The van der Waals surface area contributed by atoms with Crippen molar-refractivity contribution in [2.24, 2.45) is 0 Å². The molecule has 0 spiro atoms. The summed E-state index contributed by atoms with van der Waals surface area (Å²) in [4.78, 5) is 37.4. The number of anilines is 1. The third kappa shape index (κ3) is 5.72. The Balaban J connectivity index is 1.84. The molecule has 0 fully saturated rings. The highest BCUT2D eigenvalue weighted by Gasteiger charge is 2.27. The van der Waals surface area contributed by atoms with Crippen LogP contribution in [0.1, 0.15) is 25.6 Å². The number of methoxy groups -OCH3 is 3. The molecule has 0 radical (unpaired) electrons. The van der Waals surface area contributed by atoms with Crippen LogP contribution in [0.4, 0.5) is 5.00 Å². The lowest BCUT2D eigenvalue weighted by Gasteiger charge is -2.11. The molecule has 1 aromatic carbocycles. The van der Waals surface area contributed by atoms with E-state index in [1.165, 1.54) is 14.2 Å². The molecule has 10 nitrogen and oxygen atoms in total. The van der Waals surface area contributed by atoms with Crippen LogP contribution in [0.5, 0.6) is 5.75 Å². The maximum atomic E-state index is 12.8. The van der Waals surface area contributed by atoms with Crippen LogP contribution in [-0.2, 0) is 20.8 Å². The monoisotopic (exact) mass is 550 g/mol. The lowest BCUT2D eigenvalue weighted by atomic mass is 10.1. The zero-order valence-electron chi connectivity index (χ0n) is 19.9. The Hall–Kier alpha value is -3.35. The number of rotatable bonds is 10. The van der Waals surface area contributed by atoms with Crippen LogP contribution in [0.3, 0.4) is 0 Å². The Kier molecular flexibility index (Phi) is 9.13. The molecule has 36 heavy (non-hydrogen) atoms. The molecule has 0 aliphatic carbocycles. The van der Waals surface area contributed by atoms with E-state index in [0.717, 1.165) is 23.1 Å². The largest absolute Gasteiger partial charge is 0.496 e. The van der Waals surface area contributed by atoms with Gasteiger partial charge < -0.3 is 19.5 Å². The van der Waals surface area contributed by atoms with Gasteiger partial charge >= 0.3 is 11.9 Å². The van der Waals surface area contributed by atoms with Gasteiger partial charge in [-0.05, 0) is 30.7 Å². The number of carbonyl (C=O) groups is 3. The van der Waals surface area contributed by atoms with Crippen molar-refractivity contribution in [1.29, 1.82) is 0 Å². The first-order chi connectivity index (χ1) is 17.2. The van der Waals surface area contributed by atoms with Crippen molar-refractivity contribution >= 4 is 57.5 Å². The van der Waals surface area contributed by atoms with Crippen molar-refractivity contribution in [1.82, 2.24) is 14.8 Å². The van der Waals surface area contributed by atoms with E-state index in [0.29, 0.717) is 39.4 Å². The number of hydrogen-bond donors (Lipinski definition) is 1. The number of ether oxygens (including phenoxy) is 3. The second-order valence-electron chi connectivity index (χ2n) is 7.13. The minimum atomic E-state index is -0.673. The van der Waals surface area contributed by atoms with Gasteiger partial charge in [-0.1, -0.05) is 29.4 Å². The van der Waals surface area contributed by atoms with Crippen molar-refractivity contribution < 1.29 is 28.6 Å². The molecule has 190 valence electrons. The Bertz CT molecular complexity index is 1320. The highest BCUT2D eigenvalue weighted by molar-refractivity contribution is 7.99. The summed E-state index contributed by atoms with van der Waals surface area (Å²) in [5.41, 5.74) is 1.11. The first kappa shape index (κ1) is 27.2. The van der Waals surface area contributed by atoms with Crippen molar-refractivity contribution in [3.63, 3.8) is 0 Å². The predicted molar refractivity (Wildman–Crippen MR) is 138 cm³/mol. The van der Waals surface area contributed by atoms with Crippen LogP contribution in [0.2, 0.25) is 5.02 Å². The van der Waals surface area contributed by atoms with E-state index in [1.54, 1.807) is 42.9 Å². The second kappa shape index (κ2) is 12.1. The number of hydrogen-bond acceptors (Lipinski definition) is 10. The third-order valence-electron chi connectivity index (χ3n) is 4.92. The molecule has 0 saturated carbocycles. The van der Waals surface area contributed by atoms with Gasteiger partial charge in [0.1, 0.15) is 15.6 Å². The lowest BCUT2D eigenvalue weighted by Crippen LogP contribution is -2.16. The molecule has 0 aliphatic heterocycles. The van der Waals surface area contributed by atoms with Crippen molar-refractivity contribution in [2.45, 2.75) is 18.6 Å². The standard InChI is InChI=1S/C23H23ClN4O6S2/c1-6-9-28-19(14-10-13(24)7-8-15(14)32-3)26-27-23(28)35-11-16(29)25-20-17(21(30)33-4)12(2)18(36-20)22(31)34-5/h6-8,10H,1,9,11H2,2-5H3,(H,25,29). The SMILES string of the molecule is C=CCn1c(SCC(=O)Nc2sc(C(=O)OC)c(C)c2C(=O)OC)nnc1-c1cc(Cl)ccc1OC. The second-order valence-corrected chi connectivity index (χ2v) is 9.53. The summed E-state index contributed by atoms with van der Waals surface area (Å²) in [6.07, 6.45) is 1.68. The maximum Gasteiger partial charge on any atom is 0.348 e. The number of thioether (sulfide) groups is 1. The van der Waals surface area contributed by atoms with Gasteiger partial charge in [-0.2, -0.15) is 0 Å². The van der Waals surface area contributed by atoms with Crippen molar-refractivity contribution in [3.05, 3.63) is 51.9 Å². The molecule has 0 saturated heterocycles. The molecule has 0 bridgehead atoms. The fraction of sp³-hybridized carbons (Fsp3) is 0.261. The molecular weight excluding hydrogens is 528 g/mol. The summed E-state index contributed by atoms with van der Waals surface area (Å²) in [6, 6.07) is 5.16. The van der Waals surface area contributed by atoms with Crippen LogP contribution in [0.25, 0.3) is 11.4 Å². The number of thiophene rings is 1. The van der Waals surface area contributed by atoms with E-state index in [4.69, 9.17) is 25.8 Å². The average molecular weight is 551 g/mol. The van der Waals surface area contributed by atoms with Gasteiger partial charge in [-0.25, -0.2) is 9.59 Å².